The van der Waals surface area contributed by atoms with Gasteiger partial charge in [0.2, 0.25) is 0 Å². The maximum absolute atomic E-state index is 5.48. The molecule has 0 fully saturated rings. The summed E-state index contributed by atoms with van der Waals surface area (Å²) in [5.74, 6) is 0. The Bertz CT molecular complexity index is 438. The molecule has 0 aliphatic heterocycles. The first-order chi connectivity index (χ1) is 7.28. The molecule has 0 aliphatic rings. The molecule has 3 nitrogen and oxygen atoms in total. The van der Waals surface area contributed by atoms with Crippen molar-refractivity contribution in [3.05, 3.63) is 44.3 Å². The van der Waals surface area contributed by atoms with Crippen LogP contribution < -0.4 is 5.73 Å². The van der Waals surface area contributed by atoms with Crippen molar-refractivity contribution in [1.82, 2.24) is 10.2 Å². The Kier molecular flexibility index (Phi) is 3.45. The fourth-order valence-electron chi connectivity index (χ4n) is 1.22. The molecule has 0 amide bonds. The minimum absolute atomic E-state index is 0.470. The van der Waals surface area contributed by atoms with E-state index < -0.39 is 0 Å². The molecule has 2 rings (SSSR count). The number of hydrogen-bond donors (Lipinski definition) is 1. The SMILES string of the molecule is NCc1nnc(Cc2ccc(Br)cc2)s1. The Hall–Kier alpha value is -0.780. The van der Waals surface area contributed by atoms with Crippen LogP contribution in [0.3, 0.4) is 0 Å². The monoisotopic (exact) mass is 283 g/mol. The number of benzene rings is 1. The van der Waals surface area contributed by atoms with E-state index in [4.69, 9.17) is 5.73 Å². The number of nitrogens with two attached hydrogens (primary N) is 1. The van der Waals surface area contributed by atoms with Crippen molar-refractivity contribution in [3.63, 3.8) is 0 Å². The fraction of sp³-hybridized carbons (Fsp3) is 0.200. The lowest BCUT2D eigenvalue weighted by Crippen LogP contribution is -1.94. The van der Waals surface area contributed by atoms with Crippen LogP contribution in [0.15, 0.2) is 28.7 Å². The van der Waals surface area contributed by atoms with Gasteiger partial charge in [0, 0.05) is 17.4 Å². The number of nitrogens with zero attached hydrogens (tertiary/aromatic N) is 2. The summed E-state index contributed by atoms with van der Waals surface area (Å²) in [7, 11) is 0. The maximum atomic E-state index is 5.48. The topological polar surface area (TPSA) is 51.8 Å². The molecule has 1 aromatic heterocycles. The van der Waals surface area contributed by atoms with Crippen molar-refractivity contribution < 1.29 is 0 Å². The van der Waals surface area contributed by atoms with Crippen LogP contribution in [0.25, 0.3) is 0 Å². The molecular weight excluding hydrogens is 274 g/mol. The fourth-order valence-corrected chi connectivity index (χ4v) is 2.24. The molecule has 0 bridgehead atoms. The van der Waals surface area contributed by atoms with Crippen molar-refractivity contribution in [2.75, 3.05) is 0 Å². The van der Waals surface area contributed by atoms with E-state index in [0.29, 0.717) is 6.54 Å². The lowest BCUT2D eigenvalue weighted by atomic mass is 10.2. The molecule has 0 radical (unpaired) electrons. The van der Waals surface area contributed by atoms with E-state index in [1.807, 2.05) is 12.1 Å². The molecule has 0 saturated heterocycles. The summed E-state index contributed by atoms with van der Waals surface area (Å²) in [4.78, 5) is 0. The number of aromatic nitrogens is 2. The van der Waals surface area contributed by atoms with Crippen LogP contribution in [0, 0.1) is 0 Å². The Labute approximate surface area is 100 Å². The van der Waals surface area contributed by atoms with Crippen LogP contribution in [-0.2, 0) is 13.0 Å². The summed E-state index contributed by atoms with van der Waals surface area (Å²) >= 11 is 4.98. The molecule has 0 aliphatic carbocycles. The lowest BCUT2D eigenvalue weighted by molar-refractivity contribution is 0.930. The largest absolute Gasteiger partial charge is 0.324 e. The number of hydrogen-bond acceptors (Lipinski definition) is 4. The van der Waals surface area contributed by atoms with Gasteiger partial charge in [-0.2, -0.15) is 0 Å². The molecule has 1 heterocycles. The predicted molar refractivity (Wildman–Crippen MR) is 64.7 cm³/mol. The van der Waals surface area contributed by atoms with Gasteiger partial charge >= 0.3 is 0 Å². The zero-order chi connectivity index (χ0) is 10.7. The van der Waals surface area contributed by atoms with E-state index in [1.165, 1.54) is 5.56 Å². The lowest BCUT2D eigenvalue weighted by Gasteiger charge is -1.96. The highest BCUT2D eigenvalue weighted by atomic mass is 79.9. The summed E-state index contributed by atoms with van der Waals surface area (Å²) in [6.45, 7) is 0.470. The molecule has 2 N–H and O–H groups in total. The smallest absolute Gasteiger partial charge is 0.131 e. The molecule has 78 valence electrons. The van der Waals surface area contributed by atoms with Crippen molar-refractivity contribution in [2.24, 2.45) is 5.73 Å². The summed E-state index contributed by atoms with van der Waals surface area (Å²) in [5, 5.41) is 9.97. The highest BCUT2D eigenvalue weighted by Crippen LogP contribution is 2.16. The van der Waals surface area contributed by atoms with E-state index in [2.05, 4.69) is 38.3 Å². The van der Waals surface area contributed by atoms with Gasteiger partial charge in [-0.1, -0.05) is 39.4 Å². The second-order valence-corrected chi connectivity index (χ2v) is 5.16. The van der Waals surface area contributed by atoms with E-state index >= 15 is 0 Å². The standard InChI is InChI=1S/C10H10BrN3S/c11-8-3-1-7(2-4-8)5-9-13-14-10(6-12)15-9/h1-4H,5-6,12H2. The van der Waals surface area contributed by atoms with Gasteiger partial charge in [0.25, 0.3) is 0 Å². The van der Waals surface area contributed by atoms with Crippen molar-refractivity contribution in [1.29, 1.82) is 0 Å². The van der Waals surface area contributed by atoms with Gasteiger partial charge < -0.3 is 5.73 Å². The molecule has 1 aromatic carbocycles. The first kappa shape index (κ1) is 10.7. The normalized spacial score (nSPS) is 10.5. The van der Waals surface area contributed by atoms with Crippen LogP contribution in [0.2, 0.25) is 0 Å². The summed E-state index contributed by atoms with van der Waals surface area (Å²) in [5.41, 5.74) is 6.71. The molecule has 0 saturated carbocycles. The maximum Gasteiger partial charge on any atom is 0.131 e. The second-order valence-electron chi connectivity index (χ2n) is 3.10. The van der Waals surface area contributed by atoms with E-state index in [1.54, 1.807) is 11.3 Å². The van der Waals surface area contributed by atoms with Gasteiger partial charge in [0.15, 0.2) is 0 Å². The van der Waals surface area contributed by atoms with Crippen LogP contribution in [-0.4, -0.2) is 10.2 Å². The van der Waals surface area contributed by atoms with Gasteiger partial charge in [0.1, 0.15) is 10.0 Å². The third kappa shape index (κ3) is 2.84. The predicted octanol–water partition coefficient (Wildman–Crippen LogP) is 2.35. The summed E-state index contributed by atoms with van der Waals surface area (Å²) in [6, 6.07) is 8.21. The van der Waals surface area contributed by atoms with Crippen LogP contribution >= 0.6 is 27.3 Å². The van der Waals surface area contributed by atoms with Gasteiger partial charge in [-0.25, -0.2) is 0 Å². The Morgan fingerprint density at radius 1 is 1.13 bits per heavy atom. The van der Waals surface area contributed by atoms with Crippen molar-refractivity contribution >= 4 is 27.3 Å². The van der Waals surface area contributed by atoms with Crippen LogP contribution in [0.5, 0.6) is 0 Å². The molecule has 0 spiro atoms. The molecule has 2 aromatic rings. The van der Waals surface area contributed by atoms with Crippen LogP contribution in [0.4, 0.5) is 0 Å². The van der Waals surface area contributed by atoms with Crippen LogP contribution in [0.1, 0.15) is 15.6 Å². The number of rotatable bonds is 3. The summed E-state index contributed by atoms with van der Waals surface area (Å²) in [6.07, 6.45) is 0.824. The quantitative estimate of drug-likeness (QED) is 0.941. The minimum Gasteiger partial charge on any atom is -0.324 e. The minimum atomic E-state index is 0.470. The first-order valence-corrected chi connectivity index (χ1v) is 6.14. The van der Waals surface area contributed by atoms with Gasteiger partial charge in [-0.3, -0.25) is 0 Å². The number of halogens is 1. The third-order valence-electron chi connectivity index (χ3n) is 1.95. The Morgan fingerprint density at radius 3 is 2.40 bits per heavy atom. The summed E-state index contributed by atoms with van der Waals surface area (Å²) < 4.78 is 1.09. The third-order valence-corrected chi connectivity index (χ3v) is 3.43. The second kappa shape index (κ2) is 4.83. The highest BCUT2D eigenvalue weighted by molar-refractivity contribution is 9.10. The van der Waals surface area contributed by atoms with Gasteiger partial charge in [0.05, 0.1) is 0 Å². The Morgan fingerprint density at radius 2 is 1.80 bits per heavy atom. The van der Waals surface area contributed by atoms with E-state index in [-0.39, 0.29) is 0 Å². The molecule has 0 atom stereocenters. The molecule has 15 heavy (non-hydrogen) atoms. The average Bonchev–Trinajstić information content (AvgIpc) is 2.69. The zero-order valence-corrected chi connectivity index (χ0v) is 10.4. The average molecular weight is 284 g/mol. The zero-order valence-electron chi connectivity index (χ0n) is 7.98. The van der Waals surface area contributed by atoms with E-state index in [9.17, 15) is 0 Å². The van der Waals surface area contributed by atoms with Crippen molar-refractivity contribution in [2.45, 2.75) is 13.0 Å². The molecule has 0 unspecified atom stereocenters. The Balaban J connectivity index is 2.11. The first-order valence-electron chi connectivity index (χ1n) is 4.53. The van der Waals surface area contributed by atoms with E-state index in [0.717, 1.165) is 20.9 Å². The molecule has 5 heteroatoms. The molecular formula is C10H10BrN3S. The highest BCUT2D eigenvalue weighted by Gasteiger charge is 2.03. The van der Waals surface area contributed by atoms with Crippen molar-refractivity contribution in [3.8, 4) is 0 Å². The van der Waals surface area contributed by atoms with Gasteiger partial charge in [-0.15, -0.1) is 10.2 Å². The van der Waals surface area contributed by atoms with Gasteiger partial charge in [-0.05, 0) is 17.7 Å².